The van der Waals surface area contributed by atoms with E-state index in [1.807, 2.05) is 19.2 Å². The maximum Gasteiger partial charge on any atom is 0.343 e. The van der Waals surface area contributed by atoms with Gasteiger partial charge in [-0.3, -0.25) is 4.90 Å². The molecule has 2 atom stereocenters. The van der Waals surface area contributed by atoms with Crippen LogP contribution in [0.5, 0.6) is 46.0 Å². The highest BCUT2D eigenvalue weighted by Crippen LogP contribution is 2.55. The number of carbonyl (C=O) groups excluding carboxylic acids is 1. The van der Waals surface area contributed by atoms with Gasteiger partial charge in [-0.25, -0.2) is 4.79 Å². The Bertz CT molecular complexity index is 1510. The van der Waals surface area contributed by atoms with Crippen molar-refractivity contribution in [3.8, 4) is 46.0 Å². The van der Waals surface area contributed by atoms with E-state index in [1.165, 1.54) is 7.11 Å². The van der Waals surface area contributed by atoms with Crippen LogP contribution in [0.4, 0.5) is 0 Å². The van der Waals surface area contributed by atoms with Gasteiger partial charge in [-0.05, 0) is 48.9 Å². The van der Waals surface area contributed by atoms with E-state index in [-0.39, 0.29) is 19.4 Å². The smallest absolute Gasteiger partial charge is 0.343 e. The summed E-state index contributed by atoms with van der Waals surface area (Å²) in [6.07, 6.45) is 0.162. The summed E-state index contributed by atoms with van der Waals surface area (Å²) in [5.74, 6) is 3.49. The van der Waals surface area contributed by atoms with Gasteiger partial charge in [0, 0.05) is 17.7 Å². The Balaban J connectivity index is 1.39. The monoisotopic (exact) mass is 579 g/mol. The minimum absolute atomic E-state index is 0.102. The van der Waals surface area contributed by atoms with Crippen molar-refractivity contribution < 1.29 is 47.4 Å². The van der Waals surface area contributed by atoms with Crippen molar-refractivity contribution in [2.24, 2.45) is 0 Å². The molecular weight excluding hydrogens is 546 g/mol. The van der Waals surface area contributed by atoms with Crippen molar-refractivity contribution in [3.63, 3.8) is 0 Å². The van der Waals surface area contributed by atoms with Crippen LogP contribution in [0, 0.1) is 0 Å². The second kappa shape index (κ2) is 11.1. The molecule has 0 aliphatic carbocycles. The van der Waals surface area contributed by atoms with Crippen LogP contribution in [-0.4, -0.2) is 66.8 Å². The molecule has 1 unspecified atom stereocenters. The molecule has 0 spiro atoms. The van der Waals surface area contributed by atoms with E-state index in [4.69, 9.17) is 42.6 Å². The van der Waals surface area contributed by atoms with Gasteiger partial charge < -0.3 is 42.6 Å². The predicted molar refractivity (Wildman–Crippen MR) is 150 cm³/mol. The number of methoxy groups -OCH3 is 5. The topological polar surface area (TPSA) is 103 Å². The molecule has 0 aromatic heterocycles. The molecular formula is C31H33NO10. The van der Waals surface area contributed by atoms with Crippen LogP contribution in [0.15, 0.2) is 30.3 Å². The fraction of sp³-hybridized carbons (Fsp3) is 0.387. The zero-order chi connectivity index (χ0) is 29.5. The Morgan fingerprint density at radius 2 is 1.57 bits per heavy atom. The summed E-state index contributed by atoms with van der Waals surface area (Å²) in [6, 6.07) is 8.90. The molecule has 0 bridgehead atoms. The van der Waals surface area contributed by atoms with E-state index < -0.39 is 12.1 Å². The maximum absolute atomic E-state index is 13.6. The summed E-state index contributed by atoms with van der Waals surface area (Å²) in [4.78, 5) is 15.7. The summed E-state index contributed by atoms with van der Waals surface area (Å²) in [6.45, 7) is 0.984. The van der Waals surface area contributed by atoms with Crippen molar-refractivity contribution in [1.29, 1.82) is 0 Å². The quantitative estimate of drug-likeness (QED) is 0.335. The third-order valence-electron chi connectivity index (χ3n) is 7.97. The van der Waals surface area contributed by atoms with Gasteiger partial charge in [-0.15, -0.1) is 0 Å². The van der Waals surface area contributed by atoms with Gasteiger partial charge in [0.05, 0.1) is 41.6 Å². The number of cyclic esters (lactones) is 1. The van der Waals surface area contributed by atoms with Crippen LogP contribution >= 0.6 is 0 Å². The van der Waals surface area contributed by atoms with Gasteiger partial charge in [0.15, 0.2) is 34.5 Å². The lowest BCUT2D eigenvalue weighted by Crippen LogP contribution is -2.36. The molecule has 0 saturated heterocycles. The number of esters is 1. The lowest BCUT2D eigenvalue weighted by Gasteiger charge is -2.38. The highest BCUT2D eigenvalue weighted by molar-refractivity contribution is 5.98. The molecule has 222 valence electrons. The minimum Gasteiger partial charge on any atom is -0.493 e. The predicted octanol–water partition coefficient (Wildman–Crippen LogP) is 4.48. The van der Waals surface area contributed by atoms with Crippen LogP contribution < -0.4 is 37.9 Å². The summed E-state index contributed by atoms with van der Waals surface area (Å²) < 4.78 is 51.7. The molecule has 11 heteroatoms. The lowest BCUT2D eigenvalue weighted by atomic mass is 9.85. The Labute approximate surface area is 243 Å². The molecule has 11 nitrogen and oxygen atoms in total. The Kier molecular flexibility index (Phi) is 7.28. The van der Waals surface area contributed by atoms with Gasteiger partial charge in [0.25, 0.3) is 0 Å². The molecule has 0 radical (unpaired) electrons. The number of ether oxygens (including phenoxy) is 9. The van der Waals surface area contributed by atoms with Gasteiger partial charge in [-0.1, -0.05) is 6.07 Å². The van der Waals surface area contributed by atoms with Crippen molar-refractivity contribution in [2.45, 2.75) is 25.2 Å². The Hall–Kier alpha value is -4.51. The lowest BCUT2D eigenvalue weighted by molar-refractivity contribution is 0.00871. The highest BCUT2D eigenvalue weighted by Gasteiger charge is 2.46. The van der Waals surface area contributed by atoms with Crippen LogP contribution in [0.25, 0.3) is 0 Å². The molecule has 0 amide bonds. The fourth-order valence-electron chi connectivity index (χ4n) is 6.03. The standard InChI is InChI=1S/C31H33NO10/c1-32-10-9-17-13-22-29(41-15-40-22)30(38-6)23(17)25(32)26-18-7-8-19(34-2)28(24(18)31(33)42-26)39-14-16-11-20(35-3)27(37-5)21(12-16)36-4/h7-8,11-13,25-26H,9-10,14-15H2,1-6H3/t25-,26?/m1/s1. The number of hydrogen-bond donors (Lipinski definition) is 0. The normalized spacial score (nSPS) is 18.6. The Morgan fingerprint density at radius 1 is 0.857 bits per heavy atom. The second-order valence-electron chi connectivity index (χ2n) is 10.1. The summed E-state index contributed by atoms with van der Waals surface area (Å²) in [7, 11) is 9.79. The number of carbonyl (C=O) groups is 1. The first kappa shape index (κ1) is 27.6. The maximum atomic E-state index is 13.6. The average Bonchev–Trinajstić information content (AvgIpc) is 3.62. The zero-order valence-electron chi connectivity index (χ0n) is 24.4. The van der Waals surface area contributed by atoms with Gasteiger partial charge in [0.1, 0.15) is 18.3 Å². The number of rotatable bonds is 9. The highest BCUT2D eigenvalue weighted by atomic mass is 16.7. The number of nitrogens with zero attached hydrogens (tertiary/aromatic N) is 1. The van der Waals surface area contributed by atoms with Crippen molar-refractivity contribution in [3.05, 3.63) is 58.1 Å². The van der Waals surface area contributed by atoms with Crippen LogP contribution in [0.3, 0.4) is 0 Å². The van der Waals surface area contributed by atoms with Crippen molar-refractivity contribution in [1.82, 2.24) is 4.90 Å². The largest absolute Gasteiger partial charge is 0.493 e. The van der Waals surface area contributed by atoms with Crippen molar-refractivity contribution >= 4 is 5.97 Å². The van der Waals surface area contributed by atoms with E-state index in [9.17, 15) is 4.79 Å². The molecule has 3 aliphatic heterocycles. The van der Waals surface area contributed by atoms with E-state index in [0.29, 0.717) is 57.1 Å². The Morgan fingerprint density at radius 3 is 2.24 bits per heavy atom. The fourth-order valence-corrected chi connectivity index (χ4v) is 6.03. The van der Waals surface area contributed by atoms with E-state index in [0.717, 1.165) is 29.7 Å². The van der Waals surface area contributed by atoms with Crippen LogP contribution in [0.1, 0.15) is 44.8 Å². The first-order chi connectivity index (χ1) is 20.4. The molecule has 3 aliphatic rings. The van der Waals surface area contributed by atoms with Gasteiger partial charge in [-0.2, -0.15) is 0 Å². The summed E-state index contributed by atoms with van der Waals surface area (Å²) in [5, 5.41) is 0. The number of likely N-dealkylation sites (N-methyl/N-ethyl adjacent to an activating group) is 1. The molecule has 0 saturated carbocycles. The van der Waals surface area contributed by atoms with Crippen molar-refractivity contribution in [2.75, 3.05) is 55.9 Å². The molecule has 6 rings (SSSR count). The number of benzene rings is 3. The number of fused-ring (bicyclic) bond motifs is 3. The zero-order valence-corrected chi connectivity index (χ0v) is 24.4. The molecule has 3 heterocycles. The van der Waals surface area contributed by atoms with Crippen LogP contribution in [-0.2, 0) is 17.8 Å². The third kappa shape index (κ3) is 4.35. The average molecular weight is 580 g/mol. The van der Waals surface area contributed by atoms with E-state index in [2.05, 4.69) is 4.90 Å². The summed E-state index contributed by atoms with van der Waals surface area (Å²) >= 11 is 0. The van der Waals surface area contributed by atoms with Gasteiger partial charge in [0.2, 0.25) is 18.3 Å². The van der Waals surface area contributed by atoms with Gasteiger partial charge >= 0.3 is 5.97 Å². The molecule has 0 N–H and O–H groups in total. The van der Waals surface area contributed by atoms with E-state index in [1.54, 1.807) is 46.6 Å². The molecule has 42 heavy (non-hydrogen) atoms. The first-order valence-electron chi connectivity index (χ1n) is 13.5. The number of hydrogen-bond acceptors (Lipinski definition) is 11. The third-order valence-corrected chi connectivity index (χ3v) is 7.97. The molecule has 3 aromatic carbocycles. The molecule has 0 fully saturated rings. The first-order valence-corrected chi connectivity index (χ1v) is 13.5. The van der Waals surface area contributed by atoms with E-state index >= 15 is 0 Å². The SMILES string of the molecule is COc1cc(COc2c(OC)ccc3c2C(=O)OC3[C@H]2c3c(cc4c(c3OC)OCO4)CCN2C)cc(OC)c1OC. The molecule has 3 aromatic rings. The second-order valence-corrected chi connectivity index (χ2v) is 10.1. The minimum atomic E-state index is -0.625. The van der Waals surface area contributed by atoms with Crippen LogP contribution in [0.2, 0.25) is 0 Å². The summed E-state index contributed by atoms with van der Waals surface area (Å²) in [5.41, 5.74) is 3.75.